The van der Waals surface area contributed by atoms with Gasteiger partial charge in [0.1, 0.15) is 5.60 Å². The summed E-state index contributed by atoms with van der Waals surface area (Å²) in [6.07, 6.45) is 4.13. The van der Waals surface area contributed by atoms with Crippen molar-refractivity contribution in [2.75, 3.05) is 26.2 Å². The molecule has 0 spiro atoms. The van der Waals surface area contributed by atoms with E-state index < -0.39 is 5.60 Å². The number of likely N-dealkylation sites (tertiary alicyclic amines) is 1. The maximum absolute atomic E-state index is 12.4. The molecule has 1 aliphatic heterocycles. The van der Waals surface area contributed by atoms with Crippen molar-refractivity contribution in [3.63, 3.8) is 0 Å². The number of aryl methyl sites for hydroxylation is 1. The van der Waals surface area contributed by atoms with E-state index in [2.05, 4.69) is 5.32 Å². The number of benzene rings is 1. The molecule has 2 N–H and O–H groups in total. The number of amides is 2. The fourth-order valence-corrected chi connectivity index (χ4v) is 3.89. The molecular weight excluding hydrogens is 396 g/mol. The molecule has 8 heteroatoms. The van der Waals surface area contributed by atoms with Crippen LogP contribution in [0.15, 0.2) is 18.3 Å². The van der Waals surface area contributed by atoms with Crippen LogP contribution >= 0.6 is 0 Å². The SMILES string of the molecule is Cc1c(C(=O)NCCCO)ccc2nn(CC3CCN(C(=O)OC(C)(C)C)CC3)cc12. The number of hydrogen-bond donors (Lipinski definition) is 2. The Morgan fingerprint density at radius 2 is 1.97 bits per heavy atom. The van der Waals surface area contributed by atoms with Gasteiger partial charge in [0, 0.05) is 49.9 Å². The summed E-state index contributed by atoms with van der Waals surface area (Å²) in [7, 11) is 0. The minimum absolute atomic E-state index is 0.0573. The third-order valence-corrected chi connectivity index (χ3v) is 5.58. The highest BCUT2D eigenvalue weighted by atomic mass is 16.6. The number of aliphatic hydroxyl groups excluding tert-OH is 1. The fraction of sp³-hybridized carbons (Fsp3) is 0.609. The van der Waals surface area contributed by atoms with Crippen LogP contribution in [-0.2, 0) is 11.3 Å². The molecule has 0 radical (unpaired) electrons. The Bertz CT molecular complexity index is 924. The molecule has 1 fully saturated rings. The Morgan fingerprint density at radius 1 is 1.26 bits per heavy atom. The molecule has 31 heavy (non-hydrogen) atoms. The van der Waals surface area contributed by atoms with Crippen molar-refractivity contribution in [3.05, 3.63) is 29.5 Å². The second kappa shape index (κ2) is 9.68. The molecule has 2 aromatic rings. The van der Waals surface area contributed by atoms with Gasteiger partial charge in [-0.05, 0) is 70.6 Å². The monoisotopic (exact) mass is 430 g/mol. The number of piperidine rings is 1. The molecule has 2 amide bonds. The van der Waals surface area contributed by atoms with Gasteiger partial charge in [-0.1, -0.05) is 0 Å². The number of nitrogens with zero attached hydrogens (tertiary/aromatic N) is 3. The standard InChI is InChI=1S/C23H34N4O4/c1-16-18(21(29)24-10-5-13-28)6-7-20-19(16)15-27(25-20)14-17-8-11-26(12-9-17)22(30)31-23(2,3)4/h6-7,15,17,28H,5,8-14H2,1-4H3,(H,24,29). The molecular formula is C23H34N4O4. The average Bonchev–Trinajstić information content (AvgIpc) is 3.11. The normalized spacial score (nSPS) is 15.3. The number of carbonyl (C=O) groups excluding carboxylic acids is 2. The van der Waals surface area contributed by atoms with Crippen molar-refractivity contribution in [2.24, 2.45) is 5.92 Å². The summed E-state index contributed by atoms with van der Waals surface area (Å²) in [6.45, 7) is 10.3. The van der Waals surface area contributed by atoms with Crippen LogP contribution in [0.25, 0.3) is 10.9 Å². The van der Waals surface area contributed by atoms with Gasteiger partial charge >= 0.3 is 6.09 Å². The Hall–Kier alpha value is -2.61. The Balaban J connectivity index is 1.61. The number of carbonyl (C=O) groups is 2. The van der Waals surface area contributed by atoms with Crippen LogP contribution in [0.1, 0.15) is 56.0 Å². The molecule has 1 aromatic heterocycles. The predicted molar refractivity (Wildman–Crippen MR) is 119 cm³/mol. The van der Waals surface area contributed by atoms with Crippen LogP contribution in [0.5, 0.6) is 0 Å². The number of ether oxygens (including phenoxy) is 1. The molecule has 1 aromatic carbocycles. The van der Waals surface area contributed by atoms with Crippen molar-refractivity contribution >= 4 is 22.9 Å². The second-order valence-corrected chi connectivity index (χ2v) is 9.27. The van der Waals surface area contributed by atoms with Gasteiger partial charge in [-0.3, -0.25) is 9.48 Å². The summed E-state index contributed by atoms with van der Waals surface area (Å²) in [4.78, 5) is 26.4. The van der Waals surface area contributed by atoms with E-state index in [1.807, 2.05) is 50.7 Å². The molecule has 0 atom stereocenters. The lowest BCUT2D eigenvalue weighted by atomic mass is 9.97. The van der Waals surface area contributed by atoms with E-state index in [4.69, 9.17) is 14.9 Å². The fourth-order valence-electron chi connectivity index (χ4n) is 3.89. The molecule has 0 aliphatic carbocycles. The van der Waals surface area contributed by atoms with E-state index in [1.165, 1.54) is 0 Å². The lowest BCUT2D eigenvalue weighted by Crippen LogP contribution is -2.42. The van der Waals surface area contributed by atoms with E-state index in [-0.39, 0.29) is 18.6 Å². The maximum atomic E-state index is 12.4. The molecule has 1 aliphatic rings. The zero-order valence-corrected chi connectivity index (χ0v) is 19.0. The van der Waals surface area contributed by atoms with Gasteiger partial charge < -0.3 is 20.1 Å². The highest BCUT2D eigenvalue weighted by molar-refractivity contribution is 6.00. The first-order valence-electron chi connectivity index (χ1n) is 11.0. The predicted octanol–water partition coefficient (Wildman–Crippen LogP) is 3.10. The minimum Gasteiger partial charge on any atom is -0.444 e. The molecule has 0 unspecified atom stereocenters. The molecule has 2 heterocycles. The summed E-state index contributed by atoms with van der Waals surface area (Å²) in [5.41, 5.74) is 1.94. The van der Waals surface area contributed by atoms with Gasteiger partial charge in [-0.15, -0.1) is 0 Å². The van der Waals surface area contributed by atoms with Crippen LogP contribution in [-0.4, -0.2) is 63.6 Å². The van der Waals surface area contributed by atoms with Gasteiger partial charge in [-0.2, -0.15) is 5.10 Å². The number of rotatable bonds is 6. The summed E-state index contributed by atoms with van der Waals surface area (Å²) >= 11 is 0. The highest BCUT2D eigenvalue weighted by Gasteiger charge is 2.27. The maximum Gasteiger partial charge on any atom is 0.410 e. The topological polar surface area (TPSA) is 96.7 Å². The van der Waals surface area contributed by atoms with Crippen LogP contribution in [0.2, 0.25) is 0 Å². The summed E-state index contributed by atoms with van der Waals surface area (Å²) in [5.74, 6) is 0.310. The van der Waals surface area contributed by atoms with Crippen LogP contribution in [0.3, 0.4) is 0 Å². The van der Waals surface area contributed by atoms with Gasteiger partial charge in [0.2, 0.25) is 0 Å². The third kappa shape index (κ3) is 5.97. The van der Waals surface area contributed by atoms with E-state index in [0.29, 0.717) is 37.5 Å². The summed E-state index contributed by atoms with van der Waals surface area (Å²) in [6, 6.07) is 3.69. The largest absolute Gasteiger partial charge is 0.444 e. The van der Waals surface area contributed by atoms with Crippen molar-refractivity contribution < 1.29 is 19.4 Å². The number of aliphatic hydroxyl groups is 1. The molecule has 0 saturated carbocycles. The Labute approximate surface area is 183 Å². The number of hydrogen-bond acceptors (Lipinski definition) is 5. The third-order valence-electron chi connectivity index (χ3n) is 5.58. The first-order valence-corrected chi connectivity index (χ1v) is 11.0. The lowest BCUT2D eigenvalue weighted by Gasteiger charge is -2.33. The van der Waals surface area contributed by atoms with E-state index >= 15 is 0 Å². The zero-order valence-electron chi connectivity index (χ0n) is 19.0. The van der Waals surface area contributed by atoms with Crippen molar-refractivity contribution in [3.8, 4) is 0 Å². The number of fused-ring (bicyclic) bond motifs is 1. The molecule has 170 valence electrons. The molecule has 8 nitrogen and oxygen atoms in total. The molecule has 1 saturated heterocycles. The smallest absolute Gasteiger partial charge is 0.410 e. The lowest BCUT2D eigenvalue weighted by molar-refractivity contribution is 0.0177. The summed E-state index contributed by atoms with van der Waals surface area (Å²) < 4.78 is 7.43. The number of nitrogens with one attached hydrogen (secondary N) is 1. The zero-order chi connectivity index (χ0) is 22.6. The summed E-state index contributed by atoms with van der Waals surface area (Å²) in [5, 5.41) is 17.4. The van der Waals surface area contributed by atoms with Crippen molar-refractivity contribution in [1.29, 1.82) is 0 Å². The highest BCUT2D eigenvalue weighted by Crippen LogP contribution is 2.24. The van der Waals surface area contributed by atoms with Crippen LogP contribution in [0, 0.1) is 12.8 Å². The van der Waals surface area contributed by atoms with Crippen molar-refractivity contribution in [2.45, 2.75) is 59.1 Å². The second-order valence-electron chi connectivity index (χ2n) is 9.27. The minimum atomic E-state index is -0.477. The van der Waals surface area contributed by atoms with Gasteiger partial charge in [0.05, 0.1) is 5.52 Å². The first-order chi connectivity index (χ1) is 14.7. The van der Waals surface area contributed by atoms with Crippen LogP contribution < -0.4 is 5.32 Å². The Kier molecular flexibility index (Phi) is 7.20. The van der Waals surface area contributed by atoms with Crippen LogP contribution in [0.4, 0.5) is 4.79 Å². The van der Waals surface area contributed by atoms with Gasteiger partial charge in [-0.25, -0.2) is 4.79 Å². The molecule has 0 bridgehead atoms. The van der Waals surface area contributed by atoms with Gasteiger partial charge in [0.15, 0.2) is 0 Å². The van der Waals surface area contributed by atoms with E-state index in [9.17, 15) is 9.59 Å². The van der Waals surface area contributed by atoms with Crippen molar-refractivity contribution in [1.82, 2.24) is 20.0 Å². The quantitative estimate of drug-likeness (QED) is 0.687. The first kappa shape index (κ1) is 23.1. The van der Waals surface area contributed by atoms with E-state index in [0.717, 1.165) is 35.9 Å². The molecule has 3 rings (SSSR count). The van der Waals surface area contributed by atoms with Gasteiger partial charge in [0.25, 0.3) is 5.91 Å². The Morgan fingerprint density at radius 3 is 2.61 bits per heavy atom. The van der Waals surface area contributed by atoms with E-state index in [1.54, 1.807) is 4.90 Å². The number of aromatic nitrogens is 2. The average molecular weight is 431 g/mol.